The molecule has 0 unspecified atom stereocenters. The maximum atomic E-state index is 15.0. The summed E-state index contributed by atoms with van der Waals surface area (Å²) in [4.78, 5) is 8.00. The maximum Gasteiger partial charge on any atom is 0.191 e. The molecule has 2 aromatic heterocycles. The van der Waals surface area contributed by atoms with Crippen molar-refractivity contribution < 1.29 is 50.5 Å². The molecule has 1 aromatic carbocycles. The van der Waals surface area contributed by atoms with Crippen LogP contribution in [0.1, 0.15) is 75.2 Å². The van der Waals surface area contributed by atoms with Gasteiger partial charge >= 0.3 is 0 Å². The van der Waals surface area contributed by atoms with Crippen LogP contribution in [0.15, 0.2) is 23.3 Å². The summed E-state index contributed by atoms with van der Waals surface area (Å²) < 4.78 is 178. The van der Waals surface area contributed by atoms with Gasteiger partial charge in [-0.2, -0.15) is 0 Å². The maximum absolute atomic E-state index is 15.0. The molecule has 3 aromatic rings. The van der Waals surface area contributed by atoms with Gasteiger partial charge in [-0.3, -0.25) is 0 Å². The molecule has 194 valence electrons. The third kappa shape index (κ3) is 4.92. The molecule has 2 heterocycles. The van der Waals surface area contributed by atoms with E-state index in [1.54, 1.807) is 0 Å². The lowest BCUT2D eigenvalue weighted by Crippen LogP contribution is -2.33. The number of aromatic nitrogens is 5. The summed E-state index contributed by atoms with van der Waals surface area (Å²) in [5, 5.41) is 40.7. The monoisotopic (exact) mass is 537 g/mol. The average molecular weight is 538 g/mol. The Morgan fingerprint density at radius 1 is 1.36 bits per heavy atom. The van der Waals surface area contributed by atoms with Crippen molar-refractivity contribution >= 4 is 28.7 Å². The highest BCUT2D eigenvalue weighted by molar-refractivity contribution is 7.99. The van der Waals surface area contributed by atoms with Crippen molar-refractivity contribution in [3.05, 3.63) is 35.1 Å². The average Bonchev–Trinajstić information content (AvgIpc) is 3.32. The number of anilines is 1. The van der Waals surface area contributed by atoms with Crippen LogP contribution in [-0.4, -0.2) is 83.4 Å². The number of nitrogens with zero attached hydrogens (tertiary/aromatic N) is 5. The van der Waals surface area contributed by atoms with Gasteiger partial charge in [-0.15, -0.1) is 5.10 Å². The van der Waals surface area contributed by atoms with E-state index < -0.39 is 125 Å². The SMILES string of the molecule is [2H]c1c([2H])c([C@]2([2H])C([2H])([2H])[C@@]2([2H])Nc2nc(SC([2H])([2H])CC)nc3c2nnn3[C@]2([2H])C([2H])([2H])[C@]([2H])(OC([2H])([2H])C([2H])([2H])O)[C@@]([2H])(O)[C@@]2([2H])O)c([2H])c(F)c1C. The van der Waals surface area contributed by atoms with Crippen molar-refractivity contribution in [1.82, 2.24) is 25.0 Å². The van der Waals surface area contributed by atoms with E-state index in [4.69, 9.17) is 26.0 Å². The predicted molar refractivity (Wildman–Crippen MR) is 133 cm³/mol. The minimum Gasteiger partial charge on any atom is -0.394 e. The first-order valence-electron chi connectivity index (χ1n) is 19.7. The van der Waals surface area contributed by atoms with E-state index in [1.165, 1.54) is 6.92 Å². The second kappa shape index (κ2) is 10.5. The highest BCUT2D eigenvalue weighted by Crippen LogP contribution is 2.44. The van der Waals surface area contributed by atoms with Crippen LogP contribution in [0, 0.1) is 12.7 Å². The molecule has 0 amide bonds. The lowest BCUT2D eigenvalue weighted by atomic mass is 10.1. The molecule has 10 nitrogen and oxygen atoms in total. The lowest BCUT2D eigenvalue weighted by molar-refractivity contribution is -0.0629. The number of aliphatic hydroxyl groups is 3. The van der Waals surface area contributed by atoms with Crippen LogP contribution >= 0.6 is 11.8 Å². The predicted octanol–water partition coefficient (Wildman–Crippen LogP) is 2.18. The number of nitrogens with one attached hydrogen (secondary N) is 1. The second-order valence-corrected chi connectivity index (χ2v) is 7.99. The molecule has 2 aliphatic rings. The van der Waals surface area contributed by atoms with Gasteiger partial charge in [0.15, 0.2) is 22.1 Å². The molecule has 0 radical (unpaired) electrons. The van der Waals surface area contributed by atoms with Crippen LogP contribution in [-0.2, 0) is 4.74 Å². The highest BCUT2D eigenvalue weighted by Gasteiger charge is 2.45. The quantitative estimate of drug-likeness (QED) is 0.225. The van der Waals surface area contributed by atoms with E-state index in [9.17, 15) is 19.7 Å². The third-order valence-corrected chi connectivity index (χ3v) is 5.56. The van der Waals surface area contributed by atoms with Gasteiger partial charge in [-0.05, 0) is 36.9 Å². The lowest BCUT2D eigenvalue weighted by Gasteiger charge is -2.17. The Morgan fingerprint density at radius 2 is 2.19 bits per heavy atom. The fourth-order valence-electron chi connectivity index (χ4n) is 3.03. The summed E-state index contributed by atoms with van der Waals surface area (Å²) in [6.07, 6.45) is -21.0. The minimum atomic E-state index is -4.48. The van der Waals surface area contributed by atoms with Crippen LogP contribution in [0.3, 0.4) is 0 Å². The number of hydrogen-bond donors (Lipinski definition) is 4. The smallest absolute Gasteiger partial charge is 0.191 e. The van der Waals surface area contributed by atoms with Gasteiger partial charge < -0.3 is 25.4 Å². The molecule has 2 aliphatic carbocycles. The van der Waals surface area contributed by atoms with Crippen LogP contribution in [0.2, 0.25) is 0 Å². The van der Waals surface area contributed by atoms with Gasteiger partial charge in [0.25, 0.3) is 0 Å². The zero-order chi connectivity index (χ0) is 42.5. The van der Waals surface area contributed by atoms with Gasteiger partial charge in [0.1, 0.15) is 18.0 Å². The molecule has 12 heteroatoms. The Bertz CT molecular complexity index is 2080. The zero-order valence-electron chi connectivity index (χ0n) is 37.5. The first-order valence-corrected chi connectivity index (χ1v) is 11.0. The Hall–Kier alpha value is -2.38. The standard InChI is InChI=1S/C24H31FN6O4S/c1-3-8-36-24-27-22(26-16-10-14(16)13-5-4-12(2)15(25)9-13)19-23(28-24)31(30-29-19)17-11-18(35-7-6-32)21(34)20(17)33/h4-5,9,14,16-18,20-21,32-34H,3,6-8,10-11H2,1-2H3,(H,26,27,28)/t14-,16+,17+,18-,20-,21+/m0/s1/i4D,5D,6D2,7D2,8D2,9D,10D2,11D2,14D,16D,17D,18D,20D,21D. The largest absolute Gasteiger partial charge is 0.394 e. The number of halogens is 1. The molecule has 4 N–H and O–H groups in total. The van der Waals surface area contributed by atoms with Crippen molar-refractivity contribution in [3.8, 4) is 0 Å². The molecule has 0 aliphatic heterocycles. The molecule has 2 saturated carbocycles. The van der Waals surface area contributed by atoms with E-state index >= 15 is 0 Å². The first-order chi connectivity index (χ1) is 24.5. The number of hydrogen-bond acceptors (Lipinski definition) is 10. The molecule has 0 bridgehead atoms. The Kier molecular flexibility index (Phi) is 3.27. The molecule has 6 atom stereocenters. The molecule has 5 rings (SSSR count). The molecular weight excluding hydrogens is 487 g/mol. The first kappa shape index (κ1) is 11.2. The Morgan fingerprint density at radius 3 is 2.97 bits per heavy atom. The molecule has 0 saturated heterocycles. The number of fused-ring (bicyclic) bond motifs is 1. The minimum absolute atomic E-state index is 0.117. The molecular formula is C24H31FN6O4S. The van der Waals surface area contributed by atoms with Gasteiger partial charge in [0.2, 0.25) is 0 Å². The van der Waals surface area contributed by atoms with Crippen molar-refractivity contribution in [2.75, 3.05) is 24.1 Å². The highest BCUT2D eigenvalue weighted by atomic mass is 32.2. The Labute approximate surface area is 239 Å². The van der Waals surface area contributed by atoms with Crippen LogP contribution in [0.25, 0.3) is 11.2 Å². The van der Waals surface area contributed by atoms with Gasteiger partial charge in [-0.1, -0.05) is 36.0 Å². The van der Waals surface area contributed by atoms with Crippen LogP contribution < -0.4 is 5.32 Å². The van der Waals surface area contributed by atoms with E-state index in [1.807, 2.05) is 0 Å². The summed E-state index contributed by atoms with van der Waals surface area (Å²) in [5.74, 6) is -5.31. The topological polar surface area (TPSA) is 138 Å². The van der Waals surface area contributed by atoms with Crippen LogP contribution in [0.5, 0.6) is 0 Å². The molecule has 36 heavy (non-hydrogen) atoms. The van der Waals surface area contributed by atoms with Crippen molar-refractivity contribution in [1.29, 1.82) is 0 Å². The molecule has 0 spiro atoms. The van der Waals surface area contributed by atoms with E-state index in [0.717, 1.165) is 6.92 Å². The number of ether oxygens (including phenoxy) is 1. The van der Waals surface area contributed by atoms with Crippen molar-refractivity contribution in [2.45, 2.75) is 74.3 Å². The van der Waals surface area contributed by atoms with Gasteiger partial charge in [0, 0.05) is 33.6 Å². The van der Waals surface area contributed by atoms with Crippen LogP contribution in [0.4, 0.5) is 10.2 Å². The summed E-state index contributed by atoms with van der Waals surface area (Å²) in [5.41, 5.74) is -5.60. The zero-order valence-corrected chi connectivity index (χ0v) is 19.3. The Balaban J connectivity index is 1.78. The van der Waals surface area contributed by atoms with E-state index in [-0.39, 0.29) is 22.9 Å². The van der Waals surface area contributed by atoms with Crippen molar-refractivity contribution in [2.24, 2.45) is 0 Å². The van der Waals surface area contributed by atoms with Gasteiger partial charge in [0.05, 0.1) is 41.7 Å². The van der Waals surface area contributed by atoms with Gasteiger partial charge in [-0.25, -0.2) is 19.0 Å². The fraction of sp³-hybridized carbons (Fsp3) is 0.583. The normalized spacial score (nSPS) is 51.6. The summed E-state index contributed by atoms with van der Waals surface area (Å²) in [7, 11) is 0. The number of rotatable bonds is 10. The third-order valence-electron chi connectivity index (χ3n) is 4.76. The number of thioether (sulfide) groups is 1. The molecule has 2 fully saturated rings. The summed E-state index contributed by atoms with van der Waals surface area (Å²) in [6.45, 7) is -5.80. The fourth-order valence-corrected chi connectivity index (χ4v) is 3.57. The second-order valence-electron chi connectivity index (χ2n) is 7.13. The number of benzene rings is 1. The van der Waals surface area contributed by atoms with E-state index in [0.29, 0.717) is 0 Å². The summed E-state index contributed by atoms with van der Waals surface area (Å²) in [6, 6.07) is -10.1. The van der Waals surface area contributed by atoms with Crippen molar-refractivity contribution in [3.63, 3.8) is 0 Å². The van der Waals surface area contributed by atoms with E-state index in [2.05, 4.69) is 30.3 Å². The summed E-state index contributed by atoms with van der Waals surface area (Å²) >= 11 is 0.226.